The number of hydrogen-bond donors (Lipinski definition) is 2. The lowest BCUT2D eigenvalue weighted by Gasteiger charge is -2.31. The molecule has 1 aliphatic carbocycles. The van der Waals surface area contributed by atoms with Crippen LogP contribution < -0.4 is 0 Å². The summed E-state index contributed by atoms with van der Waals surface area (Å²) >= 11 is 6.00. The Morgan fingerprint density at radius 3 is 2.80 bits per heavy atom. The summed E-state index contributed by atoms with van der Waals surface area (Å²) in [6.07, 6.45) is 5.55. The fourth-order valence-electron chi connectivity index (χ4n) is 2.68. The summed E-state index contributed by atoms with van der Waals surface area (Å²) in [5.74, 6) is -0.991. The molecule has 1 heterocycles. The number of nitrogens with zero attached hydrogens (tertiary/aromatic N) is 2. The van der Waals surface area contributed by atoms with Crippen LogP contribution in [0.4, 0.5) is 0 Å². The number of rotatable bonds is 5. The van der Waals surface area contributed by atoms with Gasteiger partial charge < -0.3 is 14.9 Å². The van der Waals surface area contributed by atoms with Crippen molar-refractivity contribution in [1.29, 1.82) is 0 Å². The van der Waals surface area contributed by atoms with Crippen molar-refractivity contribution in [1.82, 2.24) is 4.98 Å². The first-order chi connectivity index (χ1) is 11.8. The van der Waals surface area contributed by atoms with Gasteiger partial charge in [-0.2, -0.15) is 0 Å². The van der Waals surface area contributed by atoms with E-state index in [1.165, 1.54) is 12.4 Å². The van der Waals surface area contributed by atoms with Crippen molar-refractivity contribution in [2.75, 3.05) is 6.61 Å². The van der Waals surface area contributed by atoms with Gasteiger partial charge in [-0.1, -0.05) is 11.6 Å². The monoisotopic (exact) mass is 366 g/mol. The van der Waals surface area contributed by atoms with Crippen molar-refractivity contribution in [2.45, 2.75) is 51.2 Å². The van der Waals surface area contributed by atoms with Gasteiger partial charge in [0.25, 0.3) is 0 Å². The minimum absolute atomic E-state index is 0.0122. The van der Waals surface area contributed by atoms with Crippen molar-refractivity contribution in [3.05, 3.63) is 34.6 Å². The molecule has 1 aliphatic rings. The highest BCUT2D eigenvalue weighted by Crippen LogP contribution is 2.29. The van der Waals surface area contributed by atoms with E-state index >= 15 is 0 Å². The van der Waals surface area contributed by atoms with E-state index in [-0.39, 0.29) is 34.7 Å². The third-order valence-corrected chi connectivity index (χ3v) is 4.51. The minimum Gasteiger partial charge on any atom is -0.506 e. The molecule has 0 saturated heterocycles. The van der Waals surface area contributed by atoms with Crippen LogP contribution in [0.1, 0.15) is 45.1 Å². The molecule has 2 N–H and O–H groups in total. The number of ether oxygens (including phenoxy) is 1. The second kappa shape index (κ2) is 8.45. The topological polar surface area (TPSA) is 92.0 Å². The minimum atomic E-state index is -0.675. The summed E-state index contributed by atoms with van der Waals surface area (Å²) in [7, 11) is 0. The zero-order valence-electron chi connectivity index (χ0n) is 14.4. The molecule has 0 aromatic carbocycles. The van der Waals surface area contributed by atoms with Crippen LogP contribution in [0.2, 0.25) is 5.15 Å². The Kier molecular flexibility index (Phi) is 6.56. The zero-order valence-corrected chi connectivity index (χ0v) is 15.2. The Bertz CT molecular complexity index is 675. The molecule has 7 heteroatoms. The first-order valence-electron chi connectivity index (χ1n) is 8.31. The molecule has 0 amide bonds. The highest BCUT2D eigenvalue weighted by atomic mass is 35.5. The van der Waals surface area contributed by atoms with Gasteiger partial charge in [-0.05, 0) is 51.7 Å². The fraction of sp³-hybridized carbons (Fsp3) is 0.500. The van der Waals surface area contributed by atoms with Crippen molar-refractivity contribution in [3.63, 3.8) is 0 Å². The predicted octanol–water partition coefficient (Wildman–Crippen LogP) is 3.33. The second-order valence-corrected chi connectivity index (χ2v) is 6.69. The van der Waals surface area contributed by atoms with Crippen LogP contribution in [-0.4, -0.2) is 45.6 Å². The Hall–Kier alpha value is -1.92. The molecule has 1 saturated carbocycles. The predicted molar refractivity (Wildman–Crippen MR) is 96.8 cm³/mol. The van der Waals surface area contributed by atoms with E-state index < -0.39 is 11.6 Å². The van der Waals surface area contributed by atoms with Gasteiger partial charge in [0.15, 0.2) is 0 Å². The van der Waals surface area contributed by atoms with Gasteiger partial charge in [0, 0.05) is 12.4 Å². The highest BCUT2D eigenvalue weighted by molar-refractivity contribution is 6.31. The lowest BCUT2D eigenvalue weighted by molar-refractivity contribution is -0.137. The van der Waals surface area contributed by atoms with Gasteiger partial charge in [-0.3, -0.25) is 4.99 Å². The van der Waals surface area contributed by atoms with E-state index in [2.05, 4.69) is 9.98 Å². The number of aliphatic hydroxyl groups is 2. The Morgan fingerprint density at radius 2 is 2.20 bits per heavy atom. The van der Waals surface area contributed by atoms with Crippen LogP contribution in [0.3, 0.4) is 0 Å². The molecule has 1 aromatic rings. The maximum Gasteiger partial charge on any atom is 0.343 e. The van der Waals surface area contributed by atoms with Crippen molar-refractivity contribution in [2.24, 2.45) is 4.99 Å². The molecular formula is C18H23ClN2O4. The largest absolute Gasteiger partial charge is 0.506 e. The molecule has 0 radical (unpaired) electrons. The number of carbonyl (C=O) groups excluding carboxylic acids is 1. The van der Waals surface area contributed by atoms with Crippen molar-refractivity contribution in [3.8, 4) is 0 Å². The number of aliphatic imine (C=N–C) groups is 1. The highest BCUT2D eigenvalue weighted by Gasteiger charge is 2.28. The SMILES string of the molecule is CCOC(=O)C(C=NC1CCC(C)(O)CC1)=C(O)c1cccnc1Cl. The summed E-state index contributed by atoms with van der Waals surface area (Å²) in [5, 5.41) is 20.6. The van der Waals surface area contributed by atoms with E-state index in [4.69, 9.17) is 16.3 Å². The number of pyridine rings is 1. The molecule has 1 aromatic heterocycles. The van der Waals surface area contributed by atoms with Gasteiger partial charge in [0.2, 0.25) is 0 Å². The summed E-state index contributed by atoms with van der Waals surface area (Å²) in [6, 6.07) is 3.16. The van der Waals surface area contributed by atoms with Crippen LogP contribution in [0.5, 0.6) is 0 Å². The third-order valence-electron chi connectivity index (χ3n) is 4.21. The number of halogens is 1. The molecule has 2 rings (SSSR count). The van der Waals surface area contributed by atoms with Gasteiger partial charge in [0.05, 0.1) is 23.8 Å². The maximum absolute atomic E-state index is 12.2. The van der Waals surface area contributed by atoms with E-state index in [1.807, 2.05) is 6.92 Å². The first kappa shape index (κ1) is 19.4. The molecule has 0 unspecified atom stereocenters. The van der Waals surface area contributed by atoms with Gasteiger partial charge in [0.1, 0.15) is 16.5 Å². The van der Waals surface area contributed by atoms with Crippen LogP contribution in [0.25, 0.3) is 5.76 Å². The van der Waals surface area contributed by atoms with Crippen LogP contribution in [-0.2, 0) is 9.53 Å². The molecular weight excluding hydrogens is 344 g/mol. The third kappa shape index (κ3) is 5.28. The lowest BCUT2D eigenvalue weighted by atomic mass is 9.84. The molecule has 6 nitrogen and oxygen atoms in total. The Morgan fingerprint density at radius 1 is 1.52 bits per heavy atom. The van der Waals surface area contributed by atoms with E-state index in [0.29, 0.717) is 25.7 Å². The Labute approximate surface area is 152 Å². The second-order valence-electron chi connectivity index (χ2n) is 6.33. The normalized spacial score (nSPS) is 24.9. The summed E-state index contributed by atoms with van der Waals surface area (Å²) in [4.78, 5) is 20.5. The zero-order chi connectivity index (χ0) is 18.4. The lowest BCUT2D eigenvalue weighted by Crippen LogP contribution is -2.31. The van der Waals surface area contributed by atoms with Crippen molar-refractivity contribution >= 4 is 29.5 Å². The number of carbonyl (C=O) groups is 1. The number of aliphatic hydroxyl groups excluding tert-OH is 1. The van der Waals surface area contributed by atoms with E-state index in [0.717, 1.165) is 0 Å². The van der Waals surface area contributed by atoms with Gasteiger partial charge >= 0.3 is 5.97 Å². The van der Waals surface area contributed by atoms with Gasteiger partial charge in [-0.15, -0.1) is 0 Å². The number of hydrogen-bond acceptors (Lipinski definition) is 6. The summed E-state index contributed by atoms with van der Waals surface area (Å²) < 4.78 is 5.01. The smallest absolute Gasteiger partial charge is 0.343 e. The fourth-order valence-corrected chi connectivity index (χ4v) is 2.89. The molecule has 0 aliphatic heterocycles. The van der Waals surface area contributed by atoms with Crippen molar-refractivity contribution < 1.29 is 19.7 Å². The molecule has 0 spiro atoms. The molecule has 1 fully saturated rings. The molecule has 0 atom stereocenters. The molecule has 0 bridgehead atoms. The van der Waals surface area contributed by atoms with E-state index in [9.17, 15) is 15.0 Å². The Balaban J connectivity index is 2.28. The van der Waals surface area contributed by atoms with Crippen LogP contribution in [0, 0.1) is 0 Å². The average Bonchev–Trinajstić information content (AvgIpc) is 2.57. The molecule has 136 valence electrons. The number of aromatic nitrogens is 1. The summed E-state index contributed by atoms with van der Waals surface area (Å²) in [6.45, 7) is 3.67. The average molecular weight is 367 g/mol. The van der Waals surface area contributed by atoms with E-state index in [1.54, 1.807) is 19.1 Å². The summed E-state index contributed by atoms with van der Waals surface area (Å²) in [5.41, 5.74) is -0.476. The number of esters is 1. The molecule has 25 heavy (non-hydrogen) atoms. The van der Waals surface area contributed by atoms with Crippen LogP contribution >= 0.6 is 11.6 Å². The quantitative estimate of drug-likeness (QED) is 0.274. The maximum atomic E-state index is 12.2. The standard InChI is InChI=1S/C18H23ClN2O4/c1-3-25-17(23)14(15(22)13-5-4-10-20-16(13)19)11-21-12-6-8-18(2,24)9-7-12/h4-5,10-12,22,24H,3,6-9H2,1-2H3. The first-order valence-corrected chi connectivity index (χ1v) is 8.68. The van der Waals surface area contributed by atoms with Crippen LogP contribution in [0.15, 0.2) is 28.9 Å². The van der Waals surface area contributed by atoms with Gasteiger partial charge in [-0.25, -0.2) is 9.78 Å².